The van der Waals surface area contributed by atoms with Crippen LogP contribution in [0.2, 0.25) is 5.02 Å². The first-order valence-electron chi connectivity index (χ1n) is 8.32. The van der Waals surface area contributed by atoms with Crippen molar-refractivity contribution in [3.63, 3.8) is 0 Å². The second kappa shape index (κ2) is 7.67. The molecular formula is C19H22ClN3O. The van der Waals surface area contributed by atoms with Gasteiger partial charge in [0.05, 0.1) is 0 Å². The van der Waals surface area contributed by atoms with Crippen LogP contribution in [0.4, 0.5) is 5.82 Å². The lowest BCUT2D eigenvalue weighted by atomic mass is 10.1. The summed E-state index contributed by atoms with van der Waals surface area (Å²) in [6, 6.07) is 12.0. The zero-order valence-electron chi connectivity index (χ0n) is 13.8. The molecule has 1 atom stereocenters. The Hall–Kier alpha value is -2.07. The molecule has 126 valence electrons. The Morgan fingerprint density at radius 3 is 3.00 bits per heavy atom. The van der Waals surface area contributed by atoms with Gasteiger partial charge in [0.15, 0.2) is 0 Å². The largest absolute Gasteiger partial charge is 0.354 e. The Morgan fingerprint density at radius 1 is 1.38 bits per heavy atom. The normalized spacial score (nSPS) is 17.1. The summed E-state index contributed by atoms with van der Waals surface area (Å²) < 4.78 is 0. The van der Waals surface area contributed by atoms with E-state index < -0.39 is 0 Å². The number of rotatable bonds is 5. The average Bonchev–Trinajstić information content (AvgIpc) is 3.05. The smallest absolute Gasteiger partial charge is 0.220 e. The van der Waals surface area contributed by atoms with Crippen LogP contribution in [0.25, 0.3) is 0 Å². The van der Waals surface area contributed by atoms with Crippen LogP contribution in [0.5, 0.6) is 0 Å². The first kappa shape index (κ1) is 16.8. The number of nitrogens with zero attached hydrogens (tertiary/aromatic N) is 2. The van der Waals surface area contributed by atoms with Crippen LogP contribution in [0.15, 0.2) is 42.6 Å². The van der Waals surface area contributed by atoms with Gasteiger partial charge in [-0.05, 0) is 49.1 Å². The zero-order valence-corrected chi connectivity index (χ0v) is 14.6. The molecule has 0 saturated carbocycles. The van der Waals surface area contributed by atoms with E-state index in [4.69, 9.17) is 11.6 Å². The summed E-state index contributed by atoms with van der Waals surface area (Å²) in [4.78, 5) is 18.8. The van der Waals surface area contributed by atoms with Gasteiger partial charge in [0.25, 0.3) is 0 Å². The molecule has 1 saturated heterocycles. The van der Waals surface area contributed by atoms with Crippen LogP contribution in [-0.4, -0.2) is 30.0 Å². The van der Waals surface area contributed by atoms with Crippen LogP contribution in [0.3, 0.4) is 0 Å². The van der Waals surface area contributed by atoms with Gasteiger partial charge >= 0.3 is 0 Å². The van der Waals surface area contributed by atoms with Crippen LogP contribution in [0.1, 0.15) is 24.0 Å². The number of hydrogen-bond acceptors (Lipinski definition) is 3. The number of benzene rings is 1. The highest BCUT2D eigenvalue weighted by Crippen LogP contribution is 2.18. The molecule has 1 aliphatic heterocycles. The molecule has 24 heavy (non-hydrogen) atoms. The Labute approximate surface area is 147 Å². The van der Waals surface area contributed by atoms with Crippen molar-refractivity contribution >= 4 is 23.3 Å². The van der Waals surface area contributed by atoms with E-state index in [0.717, 1.165) is 47.9 Å². The van der Waals surface area contributed by atoms with Crippen molar-refractivity contribution in [2.24, 2.45) is 0 Å². The number of hydrogen-bond donors (Lipinski definition) is 1. The van der Waals surface area contributed by atoms with E-state index in [9.17, 15) is 4.79 Å². The van der Waals surface area contributed by atoms with Crippen LogP contribution >= 0.6 is 11.6 Å². The molecule has 0 spiro atoms. The second-order valence-electron chi connectivity index (χ2n) is 6.27. The van der Waals surface area contributed by atoms with E-state index in [-0.39, 0.29) is 11.9 Å². The number of nitrogens with one attached hydrogen (secondary N) is 1. The molecule has 0 radical (unpaired) electrons. The maximum Gasteiger partial charge on any atom is 0.220 e. The third kappa shape index (κ3) is 4.26. The molecule has 3 rings (SSSR count). The van der Waals surface area contributed by atoms with E-state index in [1.165, 1.54) is 0 Å². The van der Waals surface area contributed by atoms with Crippen LogP contribution in [-0.2, 0) is 11.2 Å². The van der Waals surface area contributed by atoms with Crippen molar-refractivity contribution in [2.75, 3.05) is 18.0 Å². The van der Waals surface area contributed by atoms with Crippen molar-refractivity contribution < 1.29 is 4.79 Å². The van der Waals surface area contributed by atoms with Gasteiger partial charge in [-0.1, -0.05) is 29.8 Å². The minimum absolute atomic E-state index is 0.107. The van der Waals surface area contributed by atoms with Gasteiger partial charge in [0.2, 0.25) is 5.91 Å². The minimum Gasteiger partial charge on any atom is -0.354 e. The lowest BCUT2D eigenvalue weighted by Gasteiger charge is -2.17. The van der Waals surface area contributed by atoms with Gasteiger partial charge in [-0.3, -0.25) is 4.79 Å². The first-order valence-corrected chi connectivity index (χ1v) is 8.70. The van der Waals surface area contributed by atoms with Crippen molar-refractivity contribution in [1.82, 2.24) is 10.3 Å². The number of carbonyl (C=O) groups is 1. The molecule has 1 aliphatic rings. The summed E-state index contributed by atoms with van der Waals surface area (Å²) in [7, 11) is 0. The van der Waals surface area contributed by atoms with E-state index >= 15 is 0 Å². The van der Waals surface area contributed by atoms with Crippen molar-refractivity contribution in [3.8, 4) is 0 Å². The first-order chi connectivity index (χ1) is 11.6. The highest BCUT2D eigenvalue weighted by atomic mass is 35.5. The Kier molecular flexibility index (Phi) is 5.36. The Balaban J connectivity index is 1.46. The van der Waals surface area contributed by atoms with E-state index in [1.807, 2.05) is 43.3 Å². The number of carbonyl (C=O) groups excluding carboxylic acids is 1. The molecule has 0 bridgehead atoms. The summed E-state index contributed by atoms with van der Waals surface area (Å²) in [5.41, 5.74) is 2.20. The molecule has 1 aromatic carbocycles. The highest BCUT2D eigenvalue weighted by molar-refractivity contribution is 6.31. The molecule has 2 heterocycles. The minimum atomic E-state index is 0.107. The van der Waals surface area contributed by atoms with E-state index in [0.29, 0.717) is 6.42 Å². The van der Waals surface area contributed by atoms with E-state index in [2.05, 4.69) is 15.2 Å². The number of aromatic nitrogens is 1. The maximum atomic E-state index is 12.2. The van der Waals surface area contributed by atoms with Gasteiger partial charge in [0.1, 0.15) is 5.82 Å². The van der Waals surface area contributed by atoms with Crippen LogP contribution < -0.4 is 10.2 Å². The molecular weight excluding hydrogens is 322 g/mol. The fourth-order valence-electron chi connectivity index (χ4n) is 3.05. The lowest BCUT2D eigenvalue weighted by molar-refractivity contribution is -0.121. The van der Waals surface area contributed by atoms with E-state index in [1.54, 1.807) is 6.20 Å². The summed E-state index contributed by atoms with van der Waals surface area (Å²) >= 11 is 6.03. The zero-order chi connectivity index (χ0) is 16.9. The number of anilines is 1. The maximum absolute atomic E-state index is 12.2. The third-order valence-electron chi connectivity index (χ3n) is 4.39. The molecule has 5 heteroatoms. The summed E-state index contributed by atoms with van der Waals surface area (Å²) in [6.07, 6.45) is 4.00. The lowest BCUT2D eigenvalue weighted by Crippen LogP contribution is -2.37. The predicted molar refractivity (Wildman–Crippen MR) is 97.5 cm³/mol. The Bertz CT molecular complexity index is 705. The van der Waals surface area contributed by atoms with Gasteiger partial charge in [-0.2, -0.15) is 0 Å². The fraction of sp³-hybridized carbons (Fsp3) is 0.368. The standard InChI is InChI=1S/C19H22ClN3O/c1-14-12-15(5-7-17(14)20)6-8-19(24)22-16-9-11-23(13-16)18-4-2-3-10-21-18/h2-5,7,10,12,16H,6,8-9,11,13H2,1H3,(H,22,24)/t16-/m0/s1. The van der Waals surface area contributed by atoms with Gasteiger partial charge < -0.3 is 10.2 Å². The monoisotopic (exact) mass is 343 g/mol. The van der Waals surface area contributed by atoms with Crippen molar-refractivity contribution in [1.29, 1.82) is 0 Å². The average molecular weight is 344 g/mol. The Morgan fingerprint density at radius 2 is 2.25 bits per heavy atom. The second-order valence-corrected chi connectivity index (χ2v) is 6.68. The number of aryl methyl sites for hydroxylation is 2. The van der Waals surface area contributed by atoms with Gasteiger partial charge in [-0.15, -0.1) is 0 Å². The summed E-state index contributed by atoms with van der Waals surface area (Å²) in [5.74, 6) is 1.08. The van der Waals surface area contributed by atoms with Crippen molar-refractivity contribution in [3.05, 3.63) is 58.7 Å². The predicted octanol–water partition coefficient (Wildman–Crippen LogP) is 3.37. The fourth-order valence-corrected chi connectivity index (χ4v) is 3.16. The quantitative estimate of drug-likeness (QED) is 0.905. The highest BCUT2D eigenvalue weighted by Gasteiger charge is 2.24. The van der Waals surface area contributed by atoms with Gasteiger partial charge in [-0.25, -0.2) is 4.98 Å². The summed E-state index contributed by atoms with van der Waals surface area (Å²) in [6.45, 7) is 3.73. The third-order valence-corrected chi connectivity index (χ3v) is 4.81. The molecule has 1 fully saturated rings. The SMILES string of the molecule is Cc1cc(CCC(=O)N[C@H]2CCN(c3ccccn3)C2)ccc1Cl. The molecule has 1 amide bonds. The number of halogens is 1. The molecule has 2 aromatic rings. The topological polar surface area (TPSA) is 45.2 Å². The molecule has 0 aliphatic carbocycles. The summed E-state index contributed by atoms with van der Waals surface area (Å²) in [5, 5.41) is 3.91. The number of pyridine rings is 1. The number of amides is 1. The molecule has 4 nitrogen and oxygen atoms in total. The van der Waals surface area contributed by atoms with Crippen LogP contribution in [0, 0.1) is 6.92 Å². The molecule has 1 aromatic heterocycles. The molecule has 0 unspecified atom stereocenters. The van der Waals surface area contributed by atoms with Crippen molar-refractivity contribution in [2.45, 2.75) is 32.2 Å². The molecule has 1 N–H and O–H groups in total. The van der Waals surface area contributed by atoms with Gasteiger partial charge in [0, 0.05) is 36.8 Å².